The van der Waals surface area contributed by atoms with Gasteiger partial charge in [0.25, 0.3) is 0 Å². The second-order valence-corrected chi connectivity index (χ2v) is 4.09. The van der Waals surface area contributed by atoms with E-state index in [4.69, 9.17) is 0 Å². The summed E-state index contributed by atoms with van der Waals surface area (Å²) in [4.78, 5) is 23.4. The summed E-state index contributed by atoms with van der Waals surface area (Å²) < 4.78 is 0. The van der Waals surface area contributed by atoms with E-state index in [9.17, 15) is 9.59 Å². The second-order valence-electron chi connectivity index (χ2n) is 4.09. The number of fused-ring (bicyclic) bond motifs is 1. The van der Waals surface area contributed by atoms with Gasteiger partial charge >= 0.3 is 0 Å². The van der Waals surface area contributed by atoms with Crippen LogP contribution in [-0.4, -0.2) is 11.6 Å². The molecule has 1 atom stereocenters. The first-order chi connectivity index (χ1) is 6.15. The van der Waals surface area contributed by atoms with Crippen LogP contribution in [-0.2, 0) is 9.59 Å². The maximum atomic E-state index is 11.8. The first-order valence-corrected chi connectivity index (χ1v) is 4.92. The van der Waals surface area contributed by atoms with Crippen molar-refractivity contribution in [2.75, 3.05) is 0 Å². The molecule has 1 fully saturated rings. The molecule has 0 saturated heterocycles. The Bertz CT molecular complexity index is 301. The number of carbonyl (C=O) groups excluding carboxylic acids is 2. The molecule has 2 aliphatic rings. The maximum Gasteiger partial charge on any atom is 0.150 e. The highest BCUT2D eigenvalue weighted by Gasteiger charge is 2.47. The Morgan fingerprint density at radius 3 is 2.62 bits per heavy atom. The number of hydrogen-bond acceptors (Lipinski definition) is 2. The van der Waals surface area contributed by atoms with Crippen LogP contribution in [0.25, 0.3) is 0 Å². The molecular formula is C11H14O2. The van der Waals surface area contributed by atoms with Gasteiger partial charge in [0.15, 0.2) is 5.78 Å². The van der Waals surface area contributed by atoms with E-state index >= 15 is 0 Å². The van der Waals surface area contributed by atoms with E-state index in [0.29, 0.717) is 12.8 Å². The third-order valence-corrected chi connectivity index (χ3v) is 3.38. The zero-order valence-corrected chi connectivity index (χ0v) is 7.93. The van der Waals surface area contributed by atoms with Crippen molar-refractivity contribution in [3.8, 4) is 0 Å². The van der Waals surface area contributed by atoms with Gasteiger partial charge < -0.3 is 0 Å². The molecule has 0 aromatic heterocycles. The van der Waals surface area contributed by atoms with Gasteiger partial charge in [0.2, 0.25) is 0 Å². The minimum absolute atomic E-state index is 0.130. The third-order valence-electron chi connectivity index (χ3n) is 3.38. The van der Waals surface area contributed by atoms with Gasteiger partial charge in [-0.05, 0) is 26.2 Å². The Hall–Kier alpha value is -0.920. The third kappa shape index (κ3) is 1.08. The van der Waals surface area contributed by atoms with Gasteiger partial charge in [-0.15, -0.1) is 0 Å². The minimum atomic E-state index is -0.726. The first-order valence-electron chi connectivity index (χ1n) is 4.92. The lowest BCUT2D eigenvalue weighted by Gasteiger charge is -2.20. The van der Waals surface area contributed by atoms with E-state index in [1.54, 1.807) is 0 Å². The standard InChI is InChI=1S/C11H14O2/c1-11-8(6-7-10(11)13)4-2-3-5-9(11)12/h4H,2-3,5-7H2,1H3. The molecule has 2 heteroatoms. The average Bonchev–Trinajstić information content (AvgIpc) is 2.30. The van der Waals surface area contributed by atoms with E-state index in [1.807, 2.05) is 6.92 Å². The molecule has 2 aliphatic carbocycles. The molecule has 2 rings (SSSR count). The molecule has 0 aromatic rings. The van der Waals surface area contributed by atoms with Crippen molar-refractivity contribution >= 4 is 11.6 Å². The van der Waals surface area contributed by atoms with Crippen molar-refractivity contribution in [2.45, 2.75) is 39.0 Å². The number of ketones is 2. The van der Waals surface area contributed by atoms with Crippen molar-refractivity contribution in [1.82, 2.24) is 0 Å². The lowest BCUT2D eigenvalue weighted by molar-refractivity contribution is -0.135. The van der Waals surface area contributed by atoms with Gasteiger partial charge in [-0.25, -0.2) is 0 Å². The van der Waals surface area contributed by atoms with Crippen LogP contribution in [0.5, 0.6) is 0 Å². The minimum Gasteiger partial charge on any atom is -0.298 e. The number of hydrogen-bond donors (Lipinski definition) is 0. The largest absolute Gasteiger partial charge is 0.298 e. The highest BCUT2D eigenvalue weighted by atomic mass is 16.2. The van der Waals surface area contributed by atoms with Gasteiger partial charge in [0.1, 0.15) is 11.2 Å². The van der Waals surface area contributed by atoms with E-state index in [0.717, 1.165) is 24.8 Å². The SMILES string of the molecule is CC12C(=O)CCCC=C1CCC2=O. The quantitative estimate of drug-likeness (QED) is 0.420. The Morgan fingerprint density at radius 2 is 1.85 bits per heavy atom. The van der Waals surface area contributed by atoms with Crippen LogP contribution in [0.3, 0.4) is 0 Å². The Balaban J connectivity index is 2.47. The lowest BCUT2D eigenvalue weighted by Crippen LogP contribution is -2.32. The Morgan fingerprint density at radius 1 is 1.15 bits per heavy atom. The van der Waals surface area contributed by atoms with Crippen molar-refractivity contribution in [1.29, 1.82) is 0 Å². The second kappa shape index (κ2) is 2.79. The lowest BCUT2D eigenvalue weighted by atomic mass is 9.79. The van der Waals surface area contributed by atoms with E-state index in [2.05, 4.69) is 6.08 Å². The highest BCUT2D eigenvalue weighted by Crippen LogP contribution is 2.43. The van der Waals surface area contributed by atoms with E-state index in [1.165, 1.54) is 0 Å². The van der Waals surface area contributed by atoms with E-state index < -0.39 is 5.41 Å². The number of allylic oxidation sites excluding steroid dienone is 2. The predicted molar refractivity (Wildman–Crippen MR) is 49.3 cm³/mol. The van der Waals surface area contributed by atoms with Crippen LogP contribution in [0.4, 0.5) is 0 Å². The molecule has 0 radical (unpaired) electrons. The molecule has 0 spiro atoms. The van der Waals surface area contributed by atoms with Gasteiger partial charge in [-0.3, -0.25) is 9.59 Å². The van der Waals surface area contributed by atoms with Gasteiger partial charge in [-0.2, -0.15) is 0 Å². The Kier molecular flexibility index (Phi) is 1.86. The van der Waals surface area contributed by atoms with Crippen molar-refractivity contribution in [3.05, 3.63) is 11.6 Å². The zero-order chi connectivity index (χ0) is 9.47. The van der Waals surface area contributed by atoms with Crippen LogP contribution in [0.2, 0.25) is 0 Å². The Labute approximate surface area is 78.0 Å². The van der Waals surface area contributed by atoms with Crippen LogP contribution in [0.1, 0.15) is 39.0 Å². The fraction of sp³-hybridized carbons (Fsp3) is 0.636. The molecule has 0 aliphatic heterocycles. The van der Waals surface area contributed by atoms with Crippen molar-refractivity contribution < 1.29 is 9.59 Å². The molecule has 0 aromatic carbocycles. The molecule has 13 heavy (non-hydrogen) atoms. The van der Waals surface area contributed by atoms with Gasteiger partial charge in [0.05, 0.1) is 0 Å². The number of carbonyl (C=O) groups is 2. The van der Waals surface area contributed by atoms with Crippen molar-refractivity contribution in [3.63, 3.8) is 0 Å². The normalized spacial score (nSPS) is 34.1. The topological polar surface area (TPSA) is 34.1 Å². The fourth-order valence-corrected chi connectivity index (χ4v) is 2.36. The average molecular weight is 178 g/mol. The zero-order valence-electron chi connectivity index (χ0n) is 7.93. The number of Topliss-reactive ketones (excluding diaryl/α,β-unsaturated/α-hetero) is 2. The smallest absolute Gasteiger partial charge is 0.150 e. The molecule has 0 N–H and O–H groups in total. The highest BCUT2D eigenvalue weighted by molar-refractivity contribution is 6.11. The summed E-state index contributed by atoms with van der Waals surface area (Å²) in [5, 5.41) is 0. The molecule has 2 nitrogen and oxygen atoms in total. The monoisotopic (exact) mass is 178 g/mol. The van der Waals surface area contributed by atoms with Gasteiger partial charge in [0, 0.05) is 12.8 Å². The van der Waals surface area contributed by atoms with Crippen LogP contribution < -0.4 is 0 Å². The summed E-state index contributed by atoms with van der Waals surface area (Å²) >= 11 is 0. The molecule has 0 amide bonds. The molecule has 0 heterocycles. The predicted octanol–water partition coefficient (Wildman–Crippen LogP) is 2.04. The van der Waals surface area contributed by atoms with E-state index in [-0.39, 0.29) is 11.6 Å². The molecule has 70 valence electrons. The summed E-state index contributed by atoms with van der Waals surface area (Å²) in [6.07, 6.45) is 5.92. The summed E-state index contributed by atoms with van der Waals surface area (Å²) in [6.45, 7) is 1.81. The maximum absolute atomic E-state index is 11.8. The van der Waals surface area contributed by atoms with Crippen LogP contribution in [0, 0.1) is 5.41 Å². The van der Waals surface area contributed by atoms with Crippen LogP contribution in [0.15, 0.2) is 11.6 Å². The molecule has 0 bridgehead atoms. The summed E-state index contributed by atoms with van der Waals surface area (Å²) in [6, 6.07) is 0. The number of rotatable bonds is 0. The molecular weight excluding hydrogens is 164 g/mol. The van der Waals surface area contributed by atoms with Gasteiger partial charge in [-0.1, -0.05) is 11.6 Å². The summed E-state index contributed by atoms with van der Waals surface area (Å²) in [5.74, 6) is 0.268. The van der Waals surface area contributed by atoms with Crippen molar-refractivity contribution in [2.24, 2.45) is 5.41 Å². The van der Waals surface area contributed by atoms with Crippen LogP contribution >= 0.6 is 0 Å². The first kappa shape index (κ1) is 8.67. The molecule has 1 unspecified atom stereocenters. The summed E-state index contributed by atoms with van der Waals surface area (Å²) in [7, 11) is 0. The molecule has 1 saturated carbocycles. The summed E-state index contributed by atoms with van der Waals surface area (Å²) in [5.41, 5.74) is 0.358. The fourth-order valence-electron chi connectivity index (χ4n) is 2.36.